The van der Waals surface area contributed by atoms with Crippen molar-refractivity contribution in [3.8, 4) is 0 Å². The highest BCUT2D eigenvalue weighted by Gasteiger charge is 2.27. The van der Waals surface area contributed by atoms with Crippen molar-refractivity contribution in [2.24, 2.45) is 0 Å². The Morgan fingerprint density at radius 3 is 2.80 bits per heavy atom. The van der Waals surface area contributed by atoms with Crippen LogP contribution >= 0.6 is 11.6 Å². The summed E-state index contributed by atoms with van der Waals surface area (Å²) in [6, 6.07) is 12.3. The van der Waals surface area contributed by atoms with E-state index in [2.05, 4.69) is 23.1 Å². The van der Waals surface area contributed by atoms with Crippen LogP contribution < -0.4 is 0 Å². The molecule has 0 aliphatic carbocycles. The number of aryl methyl sites for hydroxylation is 1. The van der Waals surface area contributed by atoms with Crippen LogP contribution in [-0.2, 0) is 16.0 Å². The Kier molecular flexibility index (Phi) is 7.03. The summed E-state index contributed by atoms with van der Waals surface area (Å²) in [5.74, 6) is 0.517. The van der Waals surface area contributed by atoms with Gasteiger partial charge in [0.25, 0.3) is 0 Å². The fraction of sp³-hybridized carbons (Fsp3) is 0.500. The molecule has 2 saturated heterocycles. The number of hydrogen-bond acceptors (Lipinski definition) is 4. The summed E-state index contributed by atoms with van der Waals surface area (Å²) in [6.07, 6.45) is 2.89. The third-order valence-electron chi connectivity index (χ3n) is 6.04. The number of benzene rings is 1. The Morgan fingerprint density at radius 1 is 1.20 bits per heavy atom. The number of amides is 1. The van der Waals surface area contributed by atoms with E-state index in [9.17, 15) is 4.79 Å². The highest BCUT2D eigenvalue weighted by atomic mass is 35.5. The van der Waals surface area contributed by atoms with Gasteiger partial charge >= 0.3 is 0 Å². The minimum absolute atomic E-state index is 0.227. The first-order valence-electron chi connectivity index (χ1n) is 10.9. The average Bonchev–Trinajstić information content (AvgIpc) is 2.76. The number of hydrogen-bond donors (Lipinski definition) is 0. The molecule has 160 valence electrons. The lowest BCUT2D eigenvalue weighted by molar-refractivity contribution is -0.134. The second-order valence-corrected chi connectivity index (χ2v) is 8.78. The minimum atomic E-state index is 0.227. The maximum atomic E-state index is 12.9. The van der Waals surface area contributed by atoms with Crippen molar-refractivity contribution >= 4 is 17.5 Å². The fourth-order valence-electron chi connectivity index (χ4n) is 4.44. The quantitative estimate of drug-likeness (QED) is 0.730. The van der Waals surface area contributed by atoms with Crippen LogP contribution in [-0.4, -0.2) is 66.6 Å². The summed E-state index contributed by atoms with van der Waals surface area (Å²) in [5, 5.41) is 0.797. The van der Waals surface area contributed by atoms with Gasteiger partial charge in [-0.1, -0.05) is 29.8 Å². The van der Waals surface area contributed by atoms with Crippen LogP contribution in [0.3, 0.4) is 0 Å². The predicted octanol–water partition coefficient (Wildman–Crippen LogP) is 3.67. The zero-order valence-electron chi connectivity index (χ0n) is 17.6. The molecule has 4 rings (SSSR count). The van der Waals surface area contributed by atoms with Crippen molar-refractivity contribution in [2.45, 2.75) is 32.1 Å². The van der Waals surface area contributed by atoms with Crippen LogP contribution in [0.5, 0.6) is 0 Å². The van der Waals surface area contributed by atoms with Gasteiger partial charge in [0.2, 0.25) is 5.91 Å². The van der Waals surface area contributed by atoms with Crippen LogP contribution in [0.25, 0.3) is 0 Å². The van der Waals surface area contributed by atoms with Gasteiger partial charge in [-0.05, 0) is 55.5 Å². The molecule has 2 aromatic rings. The second kappa shape index (κ2) is 9.90. The van der Waals surface area contributed by atoms with E-state index in [1.165, 1.54) is 5.56 Å². The topological polar surface area (TPSA) is 45.7 Å². The van der Waals surface area contributed by atoms with Gasteiger partial charge in [-0.2, -0.15) is 0 Å². The Bertz CT molecular complexity index is 883. The van der Waals surface area contributed by atoms with E-state index < -0.39 is 0 Å². The fourth-order valence-corrected chi connectivity index (χ4v) is 4.64. The molecule has 0 saturated carbocycles. The minimum Gasteiger partial charge on any atom is -0.379 e. The molecule has 0 unspecified atom stereocenters. The number of morpholine rings is 1. The molecule has 0 bridgehead atoms. The van der Waals surface area contributed by atoms with Crippen molar-refractivity contribution in [3.05, 3.63) is 63.9 Å². The summed E-state index contributed by atoms with van der Waals surface area (Å²) in [4.78, 5) is 21.9. The molecule has 0 spiro atoms. The van der Waals surface area contributed by atoms with E-state index in [0.29, 0.717) is 6.54 Å². The number of nitrogens with zero attached hydrogens (tertiary/aromatic N) is 3. The highest BCUT2D eigenvalue weighted by molar-refractivity contribution is 6.31. The van der Waals surface area contributed by atoms with E-state index >= 15 is 0 Å². The number of carbonyl (C=O) groups excluding carboxylic acids is 1. The van der Waals surface area contributed by atoms with Crippen molar-refractivity contribution < 1.29 is 9.53 Å². The van der Waals surface area contributed by atoms with Crippen molar-refractivity contribution in [3.63, 3.8) is 0 Å². The van der Waals surface area contributed by atoms with Crippen molar-refractivity contribution in [2.75, 3.05) is 45.9 Å². The molecule has 30 heavy (non-hydrogen) atoms. The summed E-state index contributed by atoms with van der Waals surface area (Å²) >= 11 is 6.36. The third-order valence-corrected chi connectivity index (χ3v) is 6.41. The summed E-state index contributed by atoms with van der Waals surface area (Å²) in [6.45, 7) is 7.26. The third kappa shape index (κ3) is 5.39. The lowest BCUT2D eigenvalue weighted by Crippen LogP contribution is -2.47. The lowest BCUT2D eigenvalue weighted by atomic mass is 9.92. The Hall–Kier alpha value is -1.95. The lowest BCUT2D eigenvalue weighted by Gasteiger charge is -2.35. The van der Waals surface area contributed by atoms with Crippen molar-refractivity contribution in [1.29, 1.82) is 0 Å². The number of piperidine rings is 1. The van der Waals surface area contributed by atoms with Gasteiger partial charge in [0.1, 0.15) is 0 Å². The Morgan fingerprint density at radius 2 is 2.00 bits per heavy atom. The van der Waals surface area contributed by atoms with Crippen LogP contribution in [0, 0.1) is 6.92 Å². The summed E-state index contributed by atoms with van der Waals surface area (Å²) in [7, 11) is 0. The molecule has 2 aliphatic heterocycles. The van der Waals surface area contributed by atoms with E-state index in [0.717, 1.165) is 80.6 Å². The molecule has 1 aromatic heterocycles. The molecule has 3 heterocycles. The monoisotopic (exact) mass is 427 g/mol. The SMILES string of the molecule is Cc1cc(Cc2ccccc2Cl)cc([C@H]2CCCN(C(=O)CN3CCOCC3)C2)n1. The molecule has 1 aromatic carbocycles. The molecule has 0 N–H and O–H groups in total. The van der Waals surface area contributed by atoms with Gasteiger partial charge < -0.3 is 9.64 Å². The first kappa shape index (κ1) is 21.3. The van der Waals surface area contributed by atoms with E-state index in [1.807, 2.05) is 30.0 Å². The molecular weight excluding hydrogens is 398 g/mol. The number of carbonyl (C=O) groups is 1. The molecule has 1 amide bonds. The maximum absolute atomic E-state index is 12.9. The Labute approximate surface area is 184 Å². The summed E-state index contributed by atoms with van der Waals surface area (Å²) in [5.41, 5.74) is 4.47. The Balaban J connectivity index is 1.44. The molecule has 2 aliphatic rings. The molecular formula is C24H30ClN3O2. The van der Waals surface area contributed by atoms with Crippen LogP contribution in [0.2, 0.25) is 5.02 Å². The van der Waals surface area contributed by atoms with Gasteiger partial charge in [0, 0.05) is 48.5 Å². The molecule has 5 nitrogen and oxygen atoms in total. The maximum Gasteiger partial charge on any atom is 0.236 e. The zero-order valence-corrected chi connectivity index (χ0v) is 18.4. The number of ether oxygens (including phenoxy) is 1. The van der Waals surface area contributed by atoms with Crippen LogP contribution in [0.15, 0.2) is 36.4 Å². The van der Waals surface area contributed by atoms with Crippen LogP contribution in [0.1, 0.15) is 41.3 Å². The van der Waals surface area contributed by atoms with Crippen molar-refractivity contribution in [1.82, 2.24) is 14.8 Å². The molecule has 6 heteroatoms. The zero-order chi connectivity index (χ0) is 20.9. The molecule has 1 atom stereocenters. The summed E-state index contributed by atoms with van der Waals surface area (Å²) < 4.78 is 5.39. The van der Waals surface area contributed by atoms with E-state index in [1.54, 1.807) is 0 Å². The van der Waals surface area contributed by atoms with Gasteiger partial charge in [0.05, 0.1) is 19.8 Å². The highest BCUT2D eigenvalue weighted by Crippen LogP contribution is 2.28. The molecule has 0 radical (unpaired) electrons. The first-order chi connectivity index (χ1) is 14.6. The predicted molar refractivity (Wildman–Crippen MR) is 119 cm³/mol. The number of pyridine rings is 1. The van der Waals surface area contributed by atoms with Crippen LogP contribution in [0.4, 0.5) is 0 Å². The number of halogens is 1. The normalized spacial score (nSPS) is 20.3. The standard InChI is InChI=1S/C24H30ClN3O2/c1-18-13-19(14-20-5-2-3-7-22(20)25)15-23(26-18)21-6-4-8-28(16-21)24(29)17-27-9-11-30-12-10-27/h2-3,5,7,13,15,21H,4,6,8-12,14,16-17H2,1H3/t21-/m0/s1. The number of likely N-dealkylation sites (tertiary alicyclic amines) is 1. The second-order valence-electron chi connectivity index (χ2n) is 8.38. The smallest absolute Gasteiger partial charge is 0.236 e. The number of aromatic nitrogens is 1. The van der Waals surface area contributed by atoms with E-state index in [4.69, 9.17) is 21.3 Å². The molecule has 2 fully saturated rings. The van der Waals surface area contributed by atoms with Gasteiger partial charge in [-0.25, -0.2) is 0 Å². The number of rotatable bonds is 5. The largest absolute Gasteiger partial charge is 0.379 e. The van der Waals surface area contributed by atoms with Gasteiger partial charge in [0.15, 0.2) is 0 Å². The van der Waals surface area contributed by atoms with Gasteiger partial charge in [-0.15, -0.1) is 0 Å². The van der Waals surface area contributed by atoms with Gasteiger partial charge in [-0.3, -0.25) is 14.7 Å². The average molecular weight is 428 g/mol. The first-order valence-corrected chi connectivity index (χ1v) is 11.2. The van der Waals surface area contributed by atoms with E-state index in [-0.39, 0.29) is 11.8 Å².